The molecule has 0 N–H and O–H groups in total. The Hall–Kier alpha value is -1.68. The Morgan fingerprint density at radius 3 is 2.93 bits per heavy atom. The van der Waals surface area contributed by atoms with E-state index in [9.17, 15) is 4.79 Å². The van der Waals surface area contributed by atoms with E-state index in [4.69, 9.17) is 16.1 Å². The van der Waals surface area contributed by atoms with Gasteiger partial charge in [-0.1, -0.05) is 5.16 Å². The van der Waals surface area contributed by atoms with E-state index in [-0.39, 0.29) is 5.69 Å². The van der Waals surface area contributed by atoms with E-state index < -0.39 is 5.24 Å². The third kappa shape index (κ3) is 1.65. The van der Waals surface area contributed by atoms with E-state index in [2.05, 4.69) is 10.1 Å². The van der Waals surface area contributed by atoms with Gasteiger partial charge in [0.15, 0.2) is 11.5 Å². The standard InChI is InChI=1S/C9H5ClN2O2/c10-9(13)7-4-8(14-12-7)6-2-1-3-11-5-6/h1-5H. The van der Waals surface area contributed by atoms with E-state index in [0.717, 1.165) is 5.56 Å². The van der Waals surface area contributed by atoms with E-state index in [1.54, 1.807) is 24.5 Å². The number of nitrogens with zero attached hydrogens (tertiary/aromatic N) is 2. The van der Waals surface area contributed by atoms with Crippen LogP contribution in [0.25, 0.3) is 11.3 Å². The molecule has 0 bridgehead atoms. The fourth-order valence-electron chi connectivity index (χ4n) is 1.01. The molecule has 4 nitrogen and oxygen atoms in total. The number of pyridine rings is 1. The van der Waals surface area contributed by atoms with Gasteiger partial charge in [0.05, 0.1) is 0 Å². The lowest BCUT2D eigenvalue weighted by Crippen LogP contribution is -1.85. The maximum absolute atomic E-state index is 10.7. The van der Waals surface area contributed by atoms with Gasteiger partial charge in [0, 0.05) is 24.0 Å². The number of carbonyl (C=O) groups is 1. The summed E-state index contributed by atoms with van der Waals surface area (Å²) in [4.78, 5) is 14.6. The van der Waals surface area contributed by atoms with Gasteiger partial charge in [-0.15, -0.1) is 0 Å². The number of hydrogen-bond donors (Lipinski definition) is 0. The molecular formula is C9H5ClN2O2. The van der Waals surface area contributed by atoms with Crippen molar-refractivity contribution in [1.29, 1.82) is 0 Å². The van der Waals surface area contributed by atoms with Crippen LogP contribution < -0.4 is 0 Å². The first kappa shape index (κ1) is 8.90. The largest absolute Gasteiger partial charge is 0.355 e. The van der Waals surface area contributed by atoms with Crippen LogP contribution in [0.1, 0.15) is 10.5 Å². The Morgan fingerprint density at radius 1 is 1.50 bits per heavy atom. The summed E-state index contributed by atoms with van der Waals surface area (Å²) in [5.41, 5.74) is 0.856. The highest BCUT2D eigenvalue weighted by Gasteiger charge is 2.10. The van der Waals surface area contributed by atoms with Crippen LogP contribution in [0.2, 0.25) is 0 Å². The van der Waals surface area contributed by atoms with Crippen molar-refractivity contribution in [3.05, 3.63) is 36.3 Å². The SMILES string of the molecule is O=C(Cl)c1cc(-c2cccnc2)on1. The Bertz CT molecular complexity index is 453. The van der Waals surface area contributed by atoms with Crippen LogP contribution in [0.3, 0.4) is 0 Å². The highest BCUT2D eigenvalue weighted by atomic mass is 35.5. The normalized spacial score (nSPS) is 10.1. The molecule has 0 amide bonds. The lowest BCUT2D eigenvalue weighted by Gasteiger charge is -1.90. The Labute approximate surface area is 84.5 Å². The van der Waals surface area contributed by atoms with E-state index in [0.29, 0.717) is 5.76 Å². The maximum atomic E-state index is 10.7. The molecule has 14 heavy (non-hydrogen) atoms. The van der Waals surface area contributed by atoms with Crippen LogP contribution in [-0.2, 0) is 0 Å². The van der Waals surface area contributed by atoms with Crippen molar-refractivity contribution in [2.45, 2.75) is 0 Å². The summed E-state index contributed by atoms with van der Waals surface area (Å²) in [6.07, 6.45) is 3.26. The molecule has 0 radical (unpaired) electrons. The molecule has 0 saturated carbocycles. The zero-order chi connectivity index (χ0) is 9.97. The Kier molecular flexibility index (Phi) is 2.28. The minimum atomic E-state index is -0.635. The fraction of sp³-hybridized carbons (Fsp3) is 0. The Morgan fingerprint density at radius 2 is 2.36 bits per heavy atom. The predicted molar refractivity (Wildman–Crippen MR) is 49.9 cm³/mol. The summed E-state index contributed by atoms with van der Waals surface area (Å²) >= 11 is 5.23. The minimum absolute atomic E-state index is 0.102. The number of rotatable bonds is 2. The fourth-order valence-corrected chi connectivity index (χ4v) is 1.10. The van der Waals surface area contributed by atoms with E-state index >= 15 is 0 Å². The van der Waals surface area contributed by atoms with Crippen LogP contribution in [-0.4, -0.2) is 15.4 Å². The molecule has 2 rings (SSSR count). The summed E-state index contributed by atoms with van der Waals surface area (Å²) in [7, 11) is 0. The summed E-state index contributed by atoms with van der Waals surface area (Å²) < 4.78 is 4.92. The quantitative estimate of drug-likeness (QED) is 0.710. The highest BCUT2D eigenvalue weighted by molar-refractivity contribution is 6.67. The second-order valence-electron chi connectivity index (χ2n) is 2.59. The van der Waals surface area contributed by atoms with Crippen molar-refractivity contribution in [3.8, 4) is 11.3 Å². The first-order valence-electron chi connectivity index (χ1n) is 3.84. The molecule has 0 saturated heterocycles. The third-order valence-electron chi connectivity index (χ3n) is 1.66. The number of carbonyl (C=O) groups excluding carboxylic acids is 1. The van der Waals surface area contributed by atoms with Crippen LogP contribution in [0, 0.1) is 0 Å². The van der Waals surface area contributed by atoms with E-state index in [1.165, 1.54) is 6.07 Å². The van der Waals surface area contributed by atoms with Gasteiger partial charge in [-0.25, -0.2) is 0 Å². The summed E-state index contributed by atoms with van der Waals surface area (Å²) in [6, 6.07) is 5.04. The van der Waals surface area contributed by atoms with Gasteiger partial charge in [-0.3, -0.25) is 9.78 Å². The molecule has 0 atom stereocenters. The zero-order valence-corrected chi connectivity index (χ0v) is 7.73. The lowest BCUT2D eigenvalue weighted by molar-refractivity contribution is 0.107. The molecule has 0 aromatic carbocycles. The van der Waals surface area contributed by atoms with Gasteiger partial charge < -0.3 is 4.52 Å². The molecule has 5 heteroatoms. The topological polar surface area (TPSA) is 56.0 Å². The third-order valence-corrected chi connectivity index (χ3v) is 1.85. The smallest absolute Gasteiger partial charge is 0.274 e. The van der Waals surface area contributed by atoms with Crippen LogP contribution in [0.4, 0.5) is 0 Å². The molecular weight excluding hydrogens is 204 g/mol. The summed E-state index contributed by atoms with van der Waals surface area (Å²) in [6.45, 7) is 0. The number of aromatic nitrogens is 2. The van der Waals surface area contributed by atoms with Crippen molar-refractivity contribution in [2.75, 3.05) is 0 Å². The van der Waals surface area contributed by atoms with Crippen molar-refractivity contribution in [1.82, 2.24) is 10.1 Å². The van der Waals surface area contributed by atoms with Gasteiger partial charge >= 0.3 is 0 Å². The Balaban J connectivity index is 2.39. The number of hydrogen-bond acceptors (Lipinski definition) is 4. The van der Waals surface area contributed by atoms with E-state index in [1.807, 2.05) is 0 Å². The van der Waals surface area contributed by atoms with Crippen LogP contribution >= 0.6 is 11.6 Å². The second-order valence-corrected chi connectivity index (χ2v) is 2.94. The van der Waals surface area contributed by atoms with Crippen molar-refractivity contribution >= 4 is 16.8 Å². The van der Waals surface area contributed by atoms with Gasteiger partial charge in [-0.2, -0.15) is 0 Å². The lowest BCUT2D eigenvalue weighted by atomic mass is 10.2. The average Bonchev–Trinajstić information content (AvgIpc) is 2.68. The second kappa shape index (κ2) is 3.59. The average molecular weight is 209 g/mol. The summed E-state index contributed by atoms with van der Waals surface area (Å²) in [5.74, 6) is 0.474. The predicted octanol–water partition coefficient (Wildman–Crippen LogP) is 2.12. The summed E-state index contributed by atoms with van der Waals surface area (Å²) in [5, 5.41) is 2.87. The molecule has 70 valence electrons. The maximum Gasteiger partial charge on any atom is 0.274 e. The molecule has 0 aliphatic rings. The molecule has 0 fully saturated rings. The molecule has 0 aliphatic heterocycles. The van der Waals surface area contributed by atoms with Crippen molar-refractivity contribution < 1.29 is 9.32 Å². The molecule has 0 unspecified atom stereocenters. The minimum Gasteiger partial charge on any atom is -0.355 e. The van der Waals surface area contributed by atoms with Crippen LogP contribution in [0.5, 0.6) is 0 Å². The van der Waals surface area contributed by atoms with Gasteiger partial charge in [0.2, 0.25) is 0 Å². The molecule has 2 heterocycles. The van der Waals surface area contributed by atoms with Crippen molar-refractivity contribution in [3.63, 3.8) is 0 Å². The number of halogens is 1. The molecule has 0 aliphatic carbocycles. The van der Waals surface area contributed by atoms with Crippen molar-refractivity contribution in [2.24, 2.45) is 0 Å². The first-order valence-corrected chi connectivity index (χ1v) is 4.22. The van der Waals surface area contributed by atoms with Gasteiger partial charge in [0.25, 0.3) is 5.24 Å². The van der Waals surface area contributed by atoms with Gasteiger partial charge in [0.1, 0.15) is 0 Å². The molecule has 2 aromatic rings. The van der Waals surface area contributed by atoms with Gasteiger partial charge in [-0.05, 0) is 23.7 Å². The highest BCUT2D eigenvalue weighted by Crippen LogP contribution is 2.19. The van der Waals surface area contributed by atoms with Crippen LogP contribution in [0.15, 0.2) is 35.1 Å². The first-order chi connectivity index (χ1) is 6.77. The molecule has 0 spiro atoms. The molecule has 2 aromatic heterocycles. The monoisotopic (exact) mass is 208 g/mol. The zero-order valence-electron chi connectivity index (χ0n) is 6.98.